The van der Waals surface area contributed by atoms with Gasteiger partial charge in [0.15, 0.2) is 22.4 Å². The molecule has 10 bridgehead atoms. The Bertz CT molecular complexity index is 2100. The van der Waals surface area contributed by atoms with Crippen LogP contribution in [0.1, 0.15) is 19.3 Å². The molecule has 0 spiro atoms. The predicted octanol–water partition coefficient (Wildman–Crippen LogP) is 0.00790. The Hall–Kier alpha value is -4.32. The highest BCUT2D eigenvalue weighted by atomic mass is 32.1. The summed E-state index contributed by atoms with van der Waals surface area (Å²) in [5, 5.41) is 4.54. The first-order valence-electron chi connectivity index (χ1n) is 21.8. The molecule has 0 aromatic carbocycles. The van der Waals surface area contributed by atoms with Crippen molar-refractivity contribution in [2.75, 3.05) is 54.6 Å². The summed E-state index contributed by atoms with van der Waals surface area (Å²) in [5.74, 6) is -16.8. The van der Waals surface area contributed by atoms with Gasteiger partial charge in [0.1, 0.15) is 0 Å². The fourth-order valence-electron chi connectivity index (χ4n) is 18.9. The number of nitrogens with zero attached hydrogens (tertiary/aromatic N) is 4. The minimum Gasteiger partial charge on any atom is -0.467 e. The van der Waals surface area contributed by atoms with Crippen LogP contribution >= 0.6 is 24.4 Å². The number of rotatable bonds is 10. The first-order chi connectivity index (χ1) is 30.3. The van der Waals surface area contributed by atoms with Gasteiger partial charge in [0.2, 0.25) is 23.6 Å². The molecule has 12 aliphatic rings. The minimum absolute atomic E-state index is 0.0114. The van der Waals surface area contributed by atoms with Gasteiger partial charge in [-0.15, -0.1) is 0 Å². The molecule has 20 unspecified atom stereocenters. The van der Waals surface area contributed by atoms with Crippen molar-refractivity contribution in [3.63, 3.8) is 0 Å². The van der Waals surface area contributed by atoms with Crippen molar-refractivity contribution in [2.24, 2.45) is 117 Å². The normalized spacial score (nSPS) is 51.7. The van der Waals surface area contributed by atoms with Gasteiger partial charge in [0, 0.05) is 60.4 Å². The lowest BCUT2D eigenvalue weighted by molar-refractivity contribution is -0.193. The zero-order valence-electron chi connectivity index (χ0n) is 34.7. The van der Waals surface area contributed by atoms with Gasteiger partial charge in [-0.3, -0.25) is 29.0 Å². The number of hydrogen-bond acceptors (Lipinski definition) is 18. The molecule has 4 amide bonds. The molecular weight excluding hydrogens is 861 g/mol. The van der Waals surface area contributed by atoms with Crippen LogP contribution in [0, 0.1) is 107 Å². The Morgan fingerprint density at radius 3 is 0.984 bits per heavy atom. The van der Waals surface area contributed by atoms with Gasteiger partial charge in [-0.25, -0.2) is 29.2 Å². The third-order valence-electron chi connectivity index (χ3n) is 19.3. The monoisotopic (exact) mass is 904 g/mol. The zero-order chi connectivity index (χ0) is 44.2. The second kappa shape index (κ2) is 12.7. The van der Waals surface area contributed by atoms with Crippen LogP contribution in [0.2, 0.25) is 0 Å². The number of imide groups is 2. The van der Waals surface area contributed by atoms with Crippen molar-refractivity contribution in [1.29, 1.82) is 0 Å². The number of ether oxygens (including phenoxy) is 6. The van der Waals surface area contributed by atoms with E-state index in [1.165, 1.54) is 38.2 Å². The van der Waals surface area contributed by atoms with Crippen LogP contribution in [0.5, 0.6) is 0 Å². The summed E-state index contributed by atoms with van der Waals surface area (Å²) >= 11 is 9.43. The molecule has 0 aromatic rings. The maximum absolute atomic E-state index is 14.9. The number of esters is 4. The van der Waals surface area contributed by atoms with Crippen LogP contribution in [-0.2, 0) is 66.8 Å². The summed E-state index contributed by atoms with van der Waals surface area (Å²) in [7, 11) is 5.00. The number of thiocarbonyl (C=S) groups is 2. The van der Waals surface area contributed by atoms with E-state index in [4.69, 9.17) is 52.9 Å². The van der Waals surface area contributed by atoms with E-state index in [1.807, 2.05) is 0 Å². The largest absolute Gasteiger partial charge is 0.467 e. The molecule has 6 aliphatic carbocycles. The van der Waals surface area contributed by atoms with Gasteiger partial charge < -0.3 is 28.4 Å². The Morgan fingerprint density at radius 1 is 0.508 bits per heavy atom. The standard InChI is InChI=1S/C43H44N4O14S2/c1-56-36(52)40-24-14-9-15(21-20(14)32(48)46(33(21)49)7-5-44-12-62)25(24)41(60-40,37(53)57-2)29-19-11-18(28(29)40)30-31(19)43(39(55)59-4)27-17-10-16(26(27)42(30,61-43)38(54)58-3)22-23(17)35(51)47(34(22)50)8-6-45-13-63/h14-31H,5-11H2,1-4H3. The lowest BCUT2D eigenvalue weighted by Gasteiger charge is -2.57. The number of isothiocyanates is 2. The summed E-state index contributed by atoms with van der Waals surface area (Å²) in [6, 6.07) is 0. The first-order valence-corrected chi connectivity index (χ1v) is 22.6. The van der Waals surface area contributed by atoms with E-state index in [1.54, 1.807) is 0 Å². The number of carbonyl (C=O) groups excluding carboxylic acids is 8. The van der Waals surface area contributed by atoms with Crippen LogP contribution in [0.25, 0.3) is 0 Å². The Balaban J connectivity index is 1.02. The first kappa shape index (κ1) is 40.2. The number of amides is 4. The van der Waals surface area contributed by atoms with Crippen LogP contribution in [0.15, 0.2) is 9.98 Å². The van der Waals surface area contributed by atoms with Gasteiger partial charge >= 0.3 is 23.9 Å². The highest BCUT2D eigenvalue weighted by Gasteiger charge is 2.98. The molecule has 0 aromatic heterocycles. The number of likely N-dealkylation sites (tertiary alicyclic amines) is 2. The number of carbonyl (C=O) groups is 8. The van der Waals surface area contributed by atoms with E-state index in [2.05, 4.69) is 20.3 Å². The van der Waals surface area contributed by atoms with Gasteiger partial charge in [0.05, 0.1) is 75.5 Å². The highest BCUT2D eigenvalue weighted by molar-refractivity contribution is 7.78. The summed E-state index contributed by atoms with van der Waals surface area (Å²) in [4.78, 5) is 127. The molecular formula is C43H44N4O14S2. The Morgan fingerprint density at radius 2 is 0.746 bits per heavy atom. The fraction of sp³-hybridized carbons (Fsp3) is 0.767. The molecule has 332 valence electrons. The van der Waals surface area contributed by atoms with E-state index < -0.39 is 153 Å². The average Bonchev–Trinajstić information content (AvgIpc) is 4.15. The maximum Gasteiger partial charge on any atom is 0.338 e. The molecule has 0 N–H and O–H groups in total. The van der Waals surface area contributed by atoms with Crippen LogP contribution in [0.3, 0.4) is 0 Å². The second-order valence-corrected chi connectivity index (χ2v) is 20.3. The summed E-state index contributed by atoms with van der Waals surface area (Å²) in [6.07, 6.45) is 1.16. The fourth-order valence-corrected chi connectivity index (χ4v) is 19.1. The van der Waals surface area contributed by atoms with Crippen molar-refractivity contribution in [3.8, 4) is 0 Å². The number of hydrogen-bond donors (Lipinski definition) is 0. The molecule has 0 radical (unpaired) electrons. The van der Waals surface area contributed by atoms with E-state index in [0.29, 0.717) is 19.3 Å². The van der Waals surface area contributed by atoms with E-state index >= 15 is 0 Å². The molecule has 18 nitrogen and oxygen atoms in total. The topological polar surface area (TPSA) is 223 Å². The third-order valence-corrected chi connectivity index (χ3v) is 19.6. The smallest absolute Gasteiger partial charge is 0.338 e. The predicted molar refractivity (Wildman–Crippen MR) is 211 cm³/mol. The second-order valence-electron chi connectivity index (χ2n) is 19.9. The number of aliphatic imine (C=N–C) groups is 2. The lowest BCUT2D eigenvalue weighted by atomic mass is 9.41. The maximum atomic E-state index is 14.9. The van der Waals surface area contributed by atoms with E-state index in [-0.39, 0.29) is 49.8 Å². The molecule has 6 saturated carbocycles. The third kappa shape index (κ3) is 3.92. The van der Waals surface area contributed by atoms with Gasteiger partial charge in [-0.2, -0.15) is 0 Å². The molecule has 6 heterocycles. The van der Waals surface area contributed by atoms with Crippen molar-refractivity contribution < 1.29 is 66.8 Å². The number of methoxy groups -OCH3 is 4. The van der Waals surface area contributed by atoms with Crippen LogP contribution in [-0.4, -0.2) is 145 Å². The molecule has 20 heteroatoms. The Kier molecular flexibility index (Phi) is 8.12. The molecule has 6 aliphatic heterocycles. The number of fused-ring (bicyclic) bond motifs is 36. The summed E-state index contributed by atoms with van der Waals surface area (Å²) in [6.45, 7) is 0.192. The zero-order valence-corrected chi connectivity index (χ0v) is 36.3. The Labute approximate surface area is 370 Å². The average molecular weight is 905 g/mol. The van der Waals surface area contributed by atoms with E-state index in [0.717, 1.165) is 0 Å². The molecule has 20 atom stereocenters. The molecule has 12 rings (SSSR count). The molecule has 12 fully saturated rings. The summed E-state index contributed by atoms with van der Waals surface area (Å²) in [5.41, 5.74) is -7.22. The van der Waals surface area contributed by atoms with Gasteiger partial charge in [-0.05, 0) is 79.2 Å². The van der Waals surface area contributed by atoms with Crippen LogP contribution < -0.4 is 0 Å². The lowest BCUT2D eigenvalue weighted by Crippen LogP contribution is -2.69. The molecule has 63 heavy (non-hydrogen) atoms. The van der Waals surface area contributed by atoms with Crippen molar-refractivity contribution in [1.82, 2.24) is 9.80 Å². The van der Waals surface area contributed by atoms with Crippen LogP contribution in [0.4, 0.5) is 0 Å². The van der Waals surface area contributed by atoms with Gasteiger partial charge in [0.25, 0.3) is 0 Å². The van der Waals surface area contributed by atoms with E-state index in [9.17, 15) is 38.4 Å². The quantitative estimate of drug-likeness (QED) is 0.0926. The van der Waals surface area contributed by atoms with Crippen molar-refractivity contribution in [3.05, 3.63) is 0 Å². The van der Waals surface area contributed by atoms with Gasteiger partial charge in [-0.1, -0.05) is 0 Å². The van der Waals surface area contributed by atoms with Crippen molar-refractivity contribution >= 4 is 82.3 Å². The molecule has 6 saturated heterocycles. The highest BCUT2D eigenvalue weighted by Crippen LogP contribution is 2.88. The SMILES string of the molecule is COC(=O)C12OC(C(=O)OC)(C3C4CC(C5C(=O)N(CCN=C=S)C(=O)C45)C31)C1C3CC(C12)C1C3C2(C(=O)OC)OC1(C(=O)OC)C1C3CC(C4C(=O)N(CCN=C=S)C(=O)C34)C12. The summed E-state index contributed by atoms with van der Waals surface area (Å²) < 4.78 is 37.0. The van der Waals surface area contributed by atoms with Crippen molar-refractivity contribution in [2.45, 2.75) is 41.7 Å². The minimum atomic E-state index is -1.80.